The third-order valence-electron chi connectivity index (χ3n) is 6.29. The van der Waals surface area contributed by atoms with Gasteiger partial charge in [0.05, 0.1) is 16.8 Å². The smallest absolute Gasteiger partial charge is 0.0945 e. The fraction of sp³-hybridized carbons (Fsp3) is 0.667. The number of fused-ring (bicyclic) bond motifs is 6. The Morgan fingerprint density at radius 3 is 1.00 bits per heavy atom. The minimum atomic E-state index is -0.131. The Bertz CT molecular complexity index is 553. The maximum Gasteiger partial charge on any atom is 0.0945 e. The molecule has 0 N–H and O–H groups in total. The SMILES string of the molecule is COC1(C)Cc2c1c1c(c3c2C(C)(OC)C3)C(C)(OC)C1. The summed E-state index contributed by atoms with van der Waals surface area (Å²) in [6, 6.07) is 0. The van der Waals surface area contributed by atoms with Crippen LogP contribution in [0.25, 0.3) is 0 Å². The Labute approximate surface area is 126 Å². The molecule has 4 rings (SSSR count). The molecule has 0 aromatic heterocycles. The molecule has 0 amide bonds. The highest BCUT2D eigenvalue weighted by molar-refractivity contribution is 5.69. The van der Waals surface area contributed by atoms with Crippen molar-refractivity contribution in [2.75, 3.05) is 21.3 Å². The molecule has 3 heteroatoms. The number of ether oxygens (including phenoxy) is 3. The van der Waals surface area contributed by atoms with Crippen LogP contribution in [0.1, 0.15) is 54.2 Å². The molecule has 0 radical (unpaired) electrons. The third-order valence-corrected chi connectivity index (χ3v) is 6.29. The first-order valence-electron chi connectivity index (χ1n) is 7.71. The molecule has 3 aliphatic carbocycles. The molecule has 3 unspecified atom stereocenters. The maximum atomic E-state index is 5.81. The second-order valence-electron chi connectivity index (χ2n) is 7.40. The van der Waals surface area contributed by atoms with E-state index in [2.05, 4.69) is 20.8 Å². The first-order chi connectivity index (χ1) is 9.83. The number of hydrogen-bond acceptors (Lipinski definition) is 3. The molecule has 0 fully saturated rings. The van der Waals surface area contributed by atoms with Gasteiger partial charge < -0.3 is 14.2 Å². The third kappa shape index (κ3) is 1.32. The van der Waals surface area contributed by atoms with Crippen LogP contribution in [0.3, 0.4) is 0 Å². The van der Waals surface area contributed by atoms with E-state index in [1.807, 2.05) is 21.3 Å². The van der Waals surface area contributed by atoms with Crippen LogP contribution in [0.5, 0.6) is 0 Å². The quantitative estimate of drug-likeness (QED) is 0.856. The molecular formula is C18H24O3. The standard InChI is InChI=1S/C18H24O3/c1-16(19-4)7-10-13(16)11-8-17(2,20-5)15(11)12-9-18(3,21-6)14(10)12/h7-9H2,1-6H3. The van der Waals surface area contributed by atoms with Crippen molar-refractivity contribution in [3.8, 4) is 0 Å². The Hall–Kier alpha value is -0.900. The van der Waals surface area contributed by atoms with E-state index < -0.39 is 0 Å². The maximum absolute atomic E-state index is 5.81. The van der Waals surface area contributed by atoms with Gasteiger partial charge in [-0.05, 0) is 54.2 Å². The molecule has 1 aromatic rings. The molecule has 0 saturated heterocycles. The van der Waals surface area contributed by atoms with Crippen LogP contribution >= 0.6 is 0 Å². The fourth-order valence-electron chi connectivity index (χ4n) is 4.85. The average molecular weight is 288 g/mol. The number of benzene rings is 1. The minimum absolute atomic E-state index is 0.131. The highest BCUT2D eigenvalue weighted by Gasteiger charge is 2.57. The van der Waals surface area contributed by atoms with Gasteiger partial charge in [-0.1, -0.05) is 0 Å². The Morgan fingerprint density at radius 2 is 0.810 bits per heavy atom. The largest absolute Gasteiger partial charge is 0.373 e. The normalized spacial score (nSPS) is 38.6. The van der Waals surface area contributed by atoms with Crippen LogP contribution in [0, 0.1) is 0 Å². The van der Waals surface area contributed by atoms with Gasteiger partial charge in [0.1, 0.15) is 0 Å². The van der Waals surface area contributed by atoms with E-state index in [-0.39, 0.29) is 16.8 Å². The van der Waals surface area contributed by atoms with E-state index in [1.54, 1.807) is 0 Å². The predicted molar refractivity (Wildman–Crippen MR) is 80.6 cm³/mol. The molecule has 114 valence electrons. The van der Waals surface area contributed by atoms with Crippen LogP contribution < -0.4 is 0 Å². The van der Waals surface area contributed by atoms with Crippen LogP contribution in [0.4, 0.5) is 0 Å². The van der Waals surface area contributed by atoms with Gasteiger partial charge in [-0.25, -0.2) is 0 Å². The summed E-state index contributed by atoms with van der Waals surface area (Å²) in [6.07, 6.45) is 2.99. The van der Waals surface area contributed by atoms with Gasteiger partial charge in [-0.2, -0.15) is 0 Å². The van der Waals surface area contributed by atoms with Crippen LogP contribution in [-0.2, 0) is 50.3 Å². The van der Waals surface area contributed by atoms with Crippen molar-refractivity contribution >= 4 is 0 Å². The van der Waals surface area contributed by atoms with Gasteiger partial charge >= 0.3 is 0 Å². The Kier molecular flexibility index (Phi) is 2.42. The van der Waals surface area contributed by atoms with E-state index in [4.69, 9.17) is 14.2 Å². The van der Waals surface area contributed by atoms with Gasteiger partial charge in [-0.15, -0.1) is 0 Å². The second kappa shape index (κ2) is 3.70. The lowest BCUT2D eigenvalue weighted by atomic mass is 9.53. The molecule has 0 heterocycles. The average Bonchev–Trinajstić information content (AvgIpc) is 2.43. The van der Waals surface area contributed by atoms with Crippen molar-refractivity contribution in [2.24, 2.45) is 0 Å². The van der Waals surface area contributed by atoms with Crippen molar-refractivity contribution in [3.63, 3.8) is 0 Å². The fourth-order valence-corrected chi connectivity index (χ4v) is 4.85. The van der Waals surface area contributed by atoms with E-state index in [9.17, 15) is 0 Å². The highest BCUT2D eigenvalue weighted by Crippen LogP contribution is 2.61. The van der Waals surface area contributed by atoms with Crippen LogP contribution in [0.2, 0.25) is 0 Å². The number of methoxy groups -OCH3 is 3. The molecule has 0 spiro atoms. The zero-order valence-electron chi connectivity index (χ0n) is 13.8. The summed E-state index contributed by atoms with van der Waals surface area (Å²) in [4.78, 5) is 0. The van der Waals surface area contributed by atoms with Gasteiger partial charge in [0.2, 0.25) is 0 Å². The second-order valence-corrected chi connectivity index (χ2v) is 7.40. The zero-order chi connectivity index (χ0) is 15.2. The van der Waals surface area contributed by atoms with Crippen molar-refractivity contribution in [3.05, 3.63) is 33.4 Å². The summed E-state index contributed by atoms with van der Waals surface area (Å²) < 4.78 is 17.4. The summed E-state index contributed by atoms with van der Waals surface area (Å²) in [5.41, 5.74) is 8.27. The summed E-state index contributed by atoms with van der Waals surface area (Å²) in [7, 11) is 5.45. The molecule has 0 saturated carbocycles. The van der Waals surface area contributed by atoms with E-state index >= 15 is 0 Å². The van der Waals surface area contributed by atoms with Crippen LogP contribution in [-0.4, -0.2) is 21.3 Å². The predicted octanol–water partition coefficient (Wildman–Crippen LogP) is 2.94. The topological polar surface area (TPSA) is 27.7 Å². The summed E-state index contributed by atoms with van der Waals surface area (Å²) in [5, 5.41) is 0. The molecular weight excluding hydrogens is 264 g/mol. The summed E-state index contributed by atoms with van der Waals surface area (Å²) in [6.45, 7) is 6.60. The number of hydrogen-bond donors (Lipinski definition) is 0. The molecule has 3 atom stereocenters. The van der Waals surface area contributed by atoms with Crippen molar-refractivity contribution in [2.45, 2.75) is 56.8 Å². The first kappa shape index (κ1) is 13.7. The van der Waals surface area contributed by atoms with E-state index in [0.29, 0.717) is 0 Å². The summed E-state index contributed by atoms with van der Waals surface area (Å²) >= 11 is 0. The van der Waals surface area contributed by atoms with E-state index in [0.717, 1.165) is 19.3 Å². The van der Waals surface area contributed by atoms with Gasteiger partial charge in [0.25, 0.3) is 0 Å². The molecule has 0 bridgehead atoms. The van der Waals surface area contributed by atoms with Crippen molar-refractivity contribution in [1.82, 2.24) is 0 Å². The Morgan fingerprint density at radius 1 is 0.571 bits per heavy atom. The lowest BCUT2D eigenvalue weighted by molar-refractivity contribution is -0.0558. The highest BCUT2D eigenvalue weighted by atomic mass is 16.5. The lowest BCUT2D eigenvalue weighted by Crippen LogP contribution is -2.54. The molecule has 0 aliphatic heterocycles. The molecule has 3 nitrogen and oxygen atoms in total. The van der Waals surface area contributed by atoms with E-state index in [1.165, 1.54) is 33.4 Å². The number of rotatable bonds is 3. The molecule has 1 aromatic carbocycles. The van der Waals surface area contributed by atoms with Crippen LogP contribution in [0.15, 0.2) is 0 Å². The van der Waals surface area contributed by atoms with Gasteiger partial charge in [-0.3, -0.25) is 0 Å². The summed E-state index contributed by atoms with van der Waals surface area (Å²) in [5.74, 6) is 0. The molecule has 3 aliphatic rings. The molecule has 21 heavy (non-hydrogen) atoms. The first-order valence-corrected chi connectivity index (χ1v) is 7.71. The monoisotopic (exact) mass is 288 g/mol. The zero-order valence-corrected chi connectivity index (χ0v) is 13.8. The van der Waals surface area contributed by atoms with Crippen molar-refractivity contribution in [1.29, 1.82) is 0 Å². The van der Waals surface area contributed by atoms with Crippen molar-refractivity contribution < 1.29 is 14.2 Å². The van der Waals surface area contributed by atoms with Gasteiger partial charge in [0.15, 0.2) is 0 Å². The van der Waals surface area contributed by atoms with Gasteiger partial charge in [0, 0.05) is 40.6 Å². The Balaban J connectivity index is 1.98. The lowest BCUT2D eigenvalue weighted by Gasteiger charge is -2.57. The minimum Gasteiger partial charge on any atom is -0.373 e.